The summed E-state index contributed by atoms with van der Waals surface area (Å²) in [7, 11) is 1.98. The van der Waals surface area contributed by atoms with Gasteiger partial charge in [-0.3, -0.25) is 0 Å². The molecule has 1 atom stereocenters. The number of likely N-dealkylation sites (N-methyl/N-ethyl adjacent to an activating group) is 1. The number of rotatable bonds is 4. The maximum Gasteiger partial charge on any atom is 0.148 e. The molecule has 0 bridgehead atoms. The van der Waals surface area contributed by atoms with Crippen LogP contribution in [0.2, 0.25) is 0 Å². The Labute approximate surface area is 133 Å². The first-order chi connectivity index (χ1) is 10.2. The van der Waals surface area contributed by atoms with Gasteiger partial charge < -0.3 is 9.73 Å². The lowest BCUT2D eigenvalue weighted by molar-refractivity contribution is 0.450. The molecule has 1 unspecified atom stereocenters. The standard InChI is InChI=1S/C18H18BrNO/c1-12-6-3-4-7-13(12)10-16(20-2)17-11-14-8-5-9-15(19)18(14)21-17/h3-9,11,16,20H,10H2,1-2H3. The Bertz CT molecular complexity index is 763. The summed E-state index contributed by atoms with van der Waals surface area (Å²) in [6.45, 7) is 2.15. The molecule has 0 aliphatic carbocycles. The highest BCUT2D eigenvalue weighted by Gasteiger charge is 2.17. The van der Waals surface area contributed by atoms with Crippen LogP contribution in [0.5, 0.6) is 0 Å². The number of hydrogen-bond acceptors (Lipinski definition) is 2. The lowest BCUT2D eigenvalue weighted by Gasteiger charge is -2.15. The van der Waals surface area contributed by atoms with Crippen LogP contribution in [0, 0.1) is 6.92 Å². The fraction of sp³-hybridized carbons (Fsp3) is 0.222. The van der Waals surface area contributed by atoms with Gasteiger partial charge in [0, 0.05) is 5.39 Å². The Morgan fingerprint density at radius 2 is 1.95 bits per heavy atom. The van der Waals surface area contributed by atoms with Crippen LogP contribution in [0.15, 0.2) is 57.4 Å². The van der Waals surface area contributed by atoms with Crippen molar-refractivity contribution in [3.05, 3.63) is 69.9 Å². The van der Waals surface area contributed by atoms with Crippen molar-refractivity contribution in [3.8, 4) is 0 Å². The molecule has 108 valence electrons. The molecular formula is C18H18BrNO. The second kappa shape index (κ2) is 6.04. The zero-order valence-electron chi connectivity index (χ0n) is 12.2. The number of furan rings is 1. The summed E-state index contributed by atoms with van der Waals surface area (Å²) in [5, 5.41) is 4.49. The fourth-order valence-electron chi connectivity index (χ4n) is 2.62. The van der Waals surface area contributed by atoms with E-state index >= 15 is 0 Å². The van der Waals surface area contributed by atoms with Gasteiger partial charge in [-0.05, 0) is 59.6 Å². The Balaban J connectivity index is 1.95. The van der Waals surface area contributed by atoms with E-state index in [1.165, 1.54) is 11.1 Å². The quantitative estimate of drug-likeness (QED) is 0.720. The van der Waals surface area contributed by atoms with E-state index in [0.717, 1.165) is 27.6 Å². The van der Waals surface area contributed by atoms with E-state index in [0.29, 0.717) is 0 Å². The van der Waals surface area contributed by atoms with Crippen molar-refractivity contribution in [2.24, 2.45) is 0 Å². The average Bonchev–Trinajstić information content (AvgIpc) is 2.92. The van der Waals surface area contributed by atoms with Crippen LogP contribution in [0.25, 0.3) is 11.0 Å². The third-order valence-electron chi connectivity index (χ3n) is 3.89. The van der Waals surface area contributed by atoms with Gasteiger partial charge in [0.25, 0.3) is 0 Å². The minimum Gasteiger partial charge on any atom is -0.458 e. The van der Waals surface area contributed by atoms with Gasteiger partial charge in [-0.2, -0.15) is 0 Å². The van der Waals surface area contributed by atoms with Crippen LogP contribution >= 0.6 is 15.9 Å². The third-order valence-corrected chi connectivity index (χ3v) is 4.52. The van der Waals surface area contributed by atoms with Gasteiger partial charge in [0.2, 0.25) is 0 Å². The number of para-hydroxylation sites is 1. The maximum atomic E-state index is 6.05. The highest BCUT2D eigenvalue weighted by Crippen LogP contribution is 2.31. The van der Waals surface area contributed by atoms with Gasteiger partial charge in [-0.1, -0.05) is 36.4 Å². The monoisotopic (exact) mass is 343 g/mol. The molecule has 2 nitrogen and oxygen atoms in total. The second-order valence-corrected chi connectivity index (χ2v) is 6.13. The molecular weight excluding hydrogens is 326 g/mol. The summed E-state index contributed by atoms with van der Waals surface area (Å²) in [6.07, 6.45) is 0.917. The van der Waals surface area contributed by atoms with E-state index in [2.05, 4.69) is 64.6 Å². The van der Waals surface area contributed by atoms with Crippen molar-refractivity contribution in [2.45, 2.75) is 19.4 Å². The molecule has 0 aliphatic rings. The van der Waals surface area contributed by atoms with Gasteiger partial charge in [0.05, 0.1) is 10.5 Å². The molecule has 1 aromatic heterocycles. The van der Waals surface area contributed by atoms with Gasteiger partial charge in [0.15, 0.2) is 0 Å². The predicted molar refractivity (Wildman–Crippen MR) is 90.6 cm³/mol. The van der Waals surface area contributed by atoms with E-state index < -0.39 is 0 Å². The van der Waals surface area contributed by atoms with E-state index in [4.69, 9.17) is 4.42 Å². The highest BCUT2D eigenvalue weighted by atomic mass is 79.9. The van der Waals surface area contributed by atoms with Gasteiger partial charge in [-0.15, -0.1) is 0 Å². The molecule has 0 fully saturated rings. The van der Waals surface area contributed by atoms with Crippen LogP contribution in [-0.2, 0) is 6.42 Å². The van der Waals surface area contributed by atoms with Crippen molar-refractivity contribution < 1.29 is 4.42 Å². The largest absolute Gasteiger partial charge is 0.458 e. The molecule has 0 saturated heterocycles. The predicted octanol–water partition coefficient (Wildman–Crippen LogP) is 5.01. The number of aryl methyl sites for hydroxylation is 1. The van der Waals surface area contributed by atoms with Crippen LogP contribution in [-0.4, -0.2) is 7.05 Å². The Hall–Kier alpha value is -1.58. The summed E-state index contributed by atoms with van der Waals surface area (Å²) in [4.78, 5) is 0. The van der Waals surface area contributed by atoms with Crippen LogP contribution in [0.4, 0.5) is 0 Å². The van der Waals surface area contributed by atoms with Crippen molar-refractivity contribution in [2.75, 3.05) is 7.05 Å². The first-order valence-electron chi connectivity index (χ1n) is 7.09. The molecule has 1 heterocycles. The molecule has 21 heavy (non-hydrogen) atoms. The first kappa shape index (κ1) is 14.4. The molecule has 0 saturated carbocycles. The number of halogens is 1. The summed E-state index contributed by atoms with van der Waals surface area (Å²) in [6, 6.07) is 16.9. The van der Waals surface area contributed by atoms with Crippen molar-refractivity contribution >= 4 is 26.9 Å². The summed E-state index contributed by atoms with van der Waals surface area (Å²) < 4.78 is 7.05. The topological polar surface area (TPSA) is 25.2 Å². The molecule has 2 aromatic carbocycles. The highest BCUT2D eigenvalue weighted by molar-refractivity contribution is 9.10. The van der Waals surface area contributed by atoms with Crippen LogP contribution in [0.3, 0.4) is 0 Å². The van der Waals surface area contributed by atoms with E-state index in [1.807, 2.05) is 19.2 Å². The van der Waals surface area contributed by atoms with Crippen molar-refractivity contribution in [1.29, 1.82) is 0 Å². The molecule has 0 spiro atoms. The van der Waals surface area contributed by atoms with E-state index in [1.54, 1.807) is 0 Å². The van der Waals surface area contributed by atoms with E-state index in [-0.39, 0.29) is 6.04 Å². The van der Waals surface area contributed by atoms with Crippen LogP contribution < -0.4 is 5.32 Å². The zero-order chi connectivity index (χ0) is 14.8. The molecule has 3 aromatic rings. The zero-order valence-corrected chi connectivity index (χ0v) is 13.8. The SMILES string of the molecule is CNC(Cc1ccccc1C)c1cc2cccc(Br)c2o1. The smallest absolute Gasteiger partial charge is 0.148 e. The molecule has 0 radical (unpaired) electrons. The molecule has 0 amide bonds. The Morgan fingerprint density at radius 1 is 1.14 bits per heavy atom. The minimum atomic E-state index is 0.172. The lowest BCUT2D eigenvalue weighted by Crippen LogP contribution is -2.18. The summed E-state index contributed by atoms with van der Waals surface area (Å²) in [5.74, 6) is 0.975. The Kier molecular flexibility index (Phi) is 4.13. The number of nitrogens with one attached hydrogen (secondary N) is 1. The molecule has 1 N–H and O–H groups in total. The number of hydrogen-bond donors (Lipinski definition) is 1. The number of benzene rings is 2. The normalized spacial score (nSPS) is 12.7. The third kappa shape index (κ3) is 2.89. The Morgan fingerprint density at radius 3 is 2.67 bits per heavy atom. The average molecular weight is 344 g/mol. The first-order valence-corrected chi connectivity index (χ1v) is 7.88. The molecule has 3 heteroatoms. The number of fused-ring (bicyclic) bond motifs is 1. The van der Waals surface area contributed by atoms with E-state index in [9.17, 15) is 0 Å². The summed E-state index contributed by atoms with van der Waals surface area (Å²) in [5.41, 5.74) is 3.57. The molecule has 0 aliphatic heterocycles. The van der Waals surface area contributed by atoms with Crippen LogP contribution in [0.1, 0.15) is 22.9 Å². The van der Waals surface area contributed by atoms with Crippen molar-refractivity contribution in [1.82, 2.24) is 5.32 Å². The lowest BCUT2D eigenvalue weighted by atomic mass is 10.00. The fourth-order valence-corrected chi connectivity index (χ4v) is 3.09. The van der Waals surface area contributed by atoms with Gasteiger partial charge in [-0.25, -0.2) is 0 Å². The molecule has 3 rings (SSSR count). The minimum absolute atomic E-state index is 0.172. The van der Waals surface area contributed by atoms with Gasteiger partial charge in [0.1, 0.15) is 11.3 Å². The summed E-state index contributed by atoms with van der Waals surface area (Å²) >= 11 is 3.55. The van der Waals surface area contributed by atoms with Gasteiger partial charge >= 0.3 is 0 Å². The van der Waals surface area contributed by atoms with Crippen molar-refractivity contribution in [3.63, 3.8) is 0 Å². The second-order valence-electron chi connectivity index (χ2n) is 5.28. The maximum absolute atomic E-state index is 6.05.